The van der Waals surface area contributed by atoms with Gasteiger partial charge in [0.05, 0.1) is 22.8 Å². The van der Waals surface area contributed by atoms with Crippen LogP contribution in [0.2, 0.25) is 0 Å². The Hall–Kier alpha value is -2.22. The van der Waals surface area contributed by atoms with E-state index in [1.807, 2.05) is 20.8 Å². The Morgan fingerprint density at radius 2 is 1.55 bits per heavy atom. The Morgan fingerprint density at radius 3 is 2.10 bits per heavy atom. The van der Waals surface area contributed by atoms with Crippen molar-refractivity contribution in [1.82, 2.24) is 0 Å². The van der Waals surface area contributed by atoms with Crippen molar-refractivity contribution in [1.29, 1.82) is 0 Å². The third-order valence-electron chi connectivity index (χ3n) is 3.38. The minimum atomic E-state index is 1.01. The quantitative estimate of drug-likeness (QED) is 0.772. The zero-order chi connectivity index (χ0) is 14.7. The summed E-state index contributed by atoms with van der Waals surface area (Å²) in [6.45, 7) is 10.3. The van der Waals surface area contributed by atoms with Crippen LogP contribution in [0.5, 0.6) is 0 Å². The Morgan fingerprint density at radius 1 is 1.00 bits per heavy atom. The number of fused-ring (bicyclic) bond motifs is 1. The smallest absolute Gasteiger partial charge is 0.0696 e. The van der Waals surface area contributed by atoms with Gasteiger partial charge in [-0.2, -0.15) is 0 Å². The molecular formula is C18H22N2. The van der Waals surface area contributed by atoms with Crippen LogP contribution in [0.1, 0.15) is 20.8 Å². The van der Waals surface area contributed by atoms with Gasteiger partial charge in [0, 0.05) is 12.7 Å². The zero-order valence-corrected chi connectivity index (χ0v) is 12.7. The molecule has 1 aliphatic rings. The van der Waals surface area contributed by atoms with Gasteiger partial charge in [-0.3, -0.25) is 0 Å². The fourth-order valence-electron chi connectivity index (χ4n) is 2.57. The molecule has 20 heavy (non-hydrogen) atoms. The lowest BCUT2D eigenvalue weighted by Gasteiger charge is -2.39. The Labute approximate surface area is 122 Å². The van der Waals surface area contributed by atoms with Gasteiger partial charge in [0.15, 0.2) is 0 Å². The molecule has 2 heteroatoms. The summed E-state index contributed by atoms with van der Waals surface area (Å²) in [6, 6.07) is 8.41. The first-order valence-electron chi connectivity index (χ1n) is 6.89. The second-order valence-electron chi connectivity index (χ2n) is 4.89. The lowest BCUT2D eigenvalue weighted by molar-refractivity contribution is 0.989. The molecule has 0 spiro atoms. The third kappa shape index (κ3) is 2.29. The van der Waals surface area contributed by atoms with E-state index in [4.69, 9.17) is 0 Å². The topological polar surface area (TPSA) is 6.48 Å². The van der Waals surface area contributed by atoms with E-state index in [1.54, 1.807) is 0 Å². The van der Waals surface area contributed by atoms with Crippen LogP contribution in [-0.4, -0.2) is 7.05 Å². The number of hydrogen-bond acceptors (Lipinski definition) is 2. The fraction of sp³-hybridized carbons (Fsp3) is 0.222. The molecule has 0 radical (unpaired) electrons. The maximum atomic E-state index is 4.15. The standard InChI is InChI=1S/C18H22N2/c1-6-10-15-17(11-7-2)20(14(3)4)18-13-9-8-12-16(18)19(15)5/h6-13H,3H2,1-2,4-5H3/b10-6-,11-7-. The molecule has 0 amide bonds. The number of benzene rings is 1. The highest BCUT2D eigenvalue weighted by Crippen LogP contribution is 2.41. The third-order valence-corrected chi connectivity index (χ3v) is 3.38. The molecule has 1 aromatic carbocycles. The van der Waals surface area contributed by atoms with Crippen molar-refractivity contribution in [3.05, 3.63) is 72.2 Å². The van der Waals surface area contributed by atoms with Crippen LogP contribution >= 0.6 is 0 Å². The van der Waals surface area contributed by atoms with E-state index in [0.29, 0.717) is 0 Å². The normalized spacial score (nSPS) is 15.4. The van der Waals surface area contributed by atoms with Crippen molar-refractivity contribution in [3.63, 3.8) is 0 Å². The van der Waals surface area contributed by atoms with Crippen LogP contribution in [0, 0.1) is 0 Å². The molecule has 0 bridgehead atoms. The van der Waals surface area contributed by atoms with Gasteiger partial charge in [-0.25, -0.2) is 0 Å². The summed E-state index contributed by atoms with van der Waals surface area (Å²) in [5, 5.41) is 0. The highest BCUT2D eigenvalue weighted by molar-refractivity contribution is 5.82. The van der Waals surface area contributed by atoms with Gasteiger partial charge < -0.3 is 9.80 Å². The highest BCUT2D eigenvalue weighted by Gasteiger charge is 2.26. The van der Waals surface area contributed by atoms with E-state index in [-0.39, 0.29) is 0 Å². The Bertz CT molecular complexity index is 606. The van der Waals surface area contributed by atoms with Gasteiger partial charge in [-0.1, -0.05) is 30.9 Å². The van der Waals surface area contributed by atoms with Gasteiger partial charge in [0.2, 0.25) is 0 Å². The summed E-state index contributed by atoms with van der Waals surface area (Å²) in [5.74, 6) is 0. The van der Waals surface area contributed by atoms with Crippen molar-refractivity contribution in [2.45, 2.75) is 20.8 Å². The second kappa shape index (κ2) is 5.83. The minimum Gasteiger partial charge on any atom is -0.341 e. The summed E-state index contributed by atoms with van der Waals surface area (Å²) in [7, 11) is 2.10. The van der Waals surface area contributed by atoms with Gasteiger partial charge in [0.25, 0.3) is 0 Å². The molecule has 0 aromatic heterocycles. The molecule has 104 valence electrons. The molecule has 2 rings (SSSR count). The maximum absolute atomic E-state index is 4.15. The lowest BCUT2D eigenvalue weighted by Crippen LogP contribution is -2.32. The SMILES string of the molecule is C=C(C)N1C(/C=C\C)=C(/C=C\C)N(C)c2ccccc21. The first-order valence-corrected chi connectivity index (χ1v) is 6.89. The monoisotopic (exact) mass is 266 g/mol. The molecule has 1 heterocycles. The van der Waals surface area contributed by atoms with Crippen molar-refractivity contribution < 1.29 is 0 Å². The van der Waals surface area contributed by atoms with Crippen LogP contribution in [0.15, 0.2) is 72.2 Å². The van der Waals surface area contributed by atoms with Gasteiger partial charge in [-0.05, 0) is 45.1 Å². The number of rotatable bonds is 3. The number of para-hydroxylation sites is 2. The number of allylic oxidation sites excluding steroid dienone is 5. The van der Waals surface area contributed by atoms with E-state index in [2.05, 4.69) is 72.0 Å². The van der Waals surface area contributed by atoms with Crippen LogP contribution < -0.4 is 9.80 Å². The summed E-state index contributed by atoms with van der Waals surface area (Å²) in [4.78, 5) is 4.44. The van der Waals surface area contributed by atoms with Crippen LogP contribution in [0.25, 0.3) is 0 Å². The van der Waals surface area contributed by atoms with Crippen LogP contribution in [0.4, 0.5) is 11.4 Å². The zero-order valence-electron chi connectivity index (χ0n) is 12.7. The molecule has 0 saturated carbocycles. The molecule has 1 aliphatic heterocycles. The van der Waals surface area contributed by atoms with E-state index in [1.165, 1.54) is 17.1 Å². The van der Waals surface area contributed by atoms with E-state index < -0.39 is 0 Å². The number of hydrogen-bond donors (Lipinski definition) is 0. The minimum absolute atomic E-state index is 1.01. The summed E-state index contributed by atoms with van der Waals surface area (Å²) in [6.07, 6.45) is 8.41. The average molecular weight is 266 g/mol. The van der Waals surface area contributed by atoms with E-state index >= 15 is 0 Å². The van der Waals surface area contributed by atoms with Crippen molar-refractivity contribution >= 4 is 11.4 Å². The van der Waals surface area contributed by atoms with Crippen LogP contribution in [0.3, 0.4) is 0 Å². The van der Waals surface area contributed by atoms with E-state index in [0.717, 1.165) is 11.4 Å². The molecule has 0 N–H and O–H groups in total. The van der Waals surface area contributed by atoms with Crippen molar-refractivity contribution in [2.75, 3.05) is 16.8 Å². The van der Waals surface area contributed by atoms with Crippen LogP contribution in [-0.2, 0) is 0 Å². The largest absolute Gasteiger partial charge is 0.341 e. The average Bonchev–Trinajstić information content (AvgIpc) is 2.43. The maximum Gasteiger partial charge on any atom is 0.0696 e. The Balaban J connectivity index is 2.74. The number of nitrogens with zero attached hydrogens (tertiary/aromatic N) is 2. The molecule has 1 aromatic rings. The fourth-order valence-corrected chi connectivity index (χ4v) is 2.57. The number of anilines is 2. The molecule has 2 nitrogen and oxygen atoms in total. The number of likely N-dealkylation sites (N-methyl/N-ethyl adjacent to an activating group) is 1. The van der Waals surface area contributed by atoms with Gasteiger partial charge in [0.1, 0.15) is 0 Å². The first kappa shape index (κ1) is 14.2. The molecule has 0 unspecified atom stereocenters. The molecule has 0 saturated heterocycles. The van der Waals surface area contributed by atoms with Crippen molar-refractivity contribution in [3.8, 4) is 0 Å². The summed E-state index contributed by atoms with van der Waals surface area (Å²) < 4.78 is 0. The molecule has 0 aliphatic carbocycles. The predicted molar refractivity (Wildman–Crippen MR) is 88.8 cm³/mol. The van der Waals surface area contributed by atoms with Gasteiger partial charge >= 0.3 is 0 Å². The first-order chi connectivity index (χ1) is 9.61. The summed E-state index contributed by atoms with van der Waals surface area (Å²) >= 11 is 0. The Kier molecular flexibility index (Phi) is 4.14. The van der Waals surface area contributed by atoms with Crippen molar-refractivity contribution in [2.24, 2.45) is 0 Å². The van der Waals surface area contributed by atoms with Gasteiger partial charge in [-0.15, -0.1) is 0 Å². The lowest BCUT2D eigenvalue weighted by atomic mass is 10.1. The highest BCUT2D eigenvalue weighted by atomic mass is 15.3. The molecular weight excluding hydrogens is 244 g/mol. The second-order valence-corrected chi connectivity index (χ2v) is 4.89. The summed E-state index contributed by atoms with van der Waals surface area (Å²) in [5.41, 5.74) is 5.70. The molecule has 0 fully saturated rings. The van der Waals surface area contributed by atoms with E-state index in [9.17, 15) is 0 Å². The predicted octanol–water partition coefficient (Wildman–Crippen LogP) is 4.84. The molecule has 0 atom stereocenters.